The van der Waals surface area contributed by atoms with Crippen LogP contribution in [0.5, 0.6) is 5.75 Å². The van der Waals surface area contributed by atoms with Crippen molar-refractivity contribution in [1.82, 2.24) is 25.0 Å². The maximum Gasteiger partial charge on any atom is 0.252 e. The van der Waals surface area contributed by atoms with Gasteiger partial charge in [0, 0.05) is 24.2 Å². The van der Waals surface area contributed by atoms with Crippen molar-refractivity contribution in [2.75, 3.05) is 27.7 Å². The van der Waals surface area contributed by atoms with Crippen molar-refractivity contribution >= 4 is 16.9 Å². The lowest BCUT2D eigenvalue weighted by atomic mass is 10.0. The zero-order chi connectivity index (χ0) is 22.1. The molecule has 0 bridgehead atoms. The molecule has 0 saturated heterocycles. The molecule has 3 aromatic rings. The Hall–Kier alpha value is -2.93. The van der Waals surface area contributed by atoms with Crippen LogP contribution in [0.1, 0.15) is 66.3 Å². The van der Waals surface area contributed by atoms with E-state index in [-0.39, 0.29) is 18.0 Å². The number of aromatic nitrogens is 3. The SMILES string of the molecule is COc1ccc([C@H](CNC(=O)c2cc(C3CC3)nc3c2cnn3C(C)C)N(C)C)cc1. The van der Waals surface area contributed by atoms with Gasteiger partial charge in [-0.25, -0.2) is 9.67 Å². The number of carbonyl (C=O) groups is 1. The molecule has 7 heteroatoms. The molecule has 1 aliphatic rings. The van der Waals surface area contributed by atoms with Crippen molar-refractivity contribution in [3.05, 3.63) is 53.3 Å². The minimum absolute atomic E-state index is 0.0495. The molecule has 1 amide bonds. The van der Waals surface area contributed by atoms with E-state index in [0.717, 1.165) is 40.9 Å². The van der Waals surface area contributed by atoms with Crippen LogP contribution in [0.3, 0.4) is 0 Å². The lowest BCUT2D eigenvalue weighted by molar-refractivity contribution is 0.0943. The zero-order valence-electron chi connectivity index (χ0n) is 18.9. The fourth-order valence-electron chi connectivity index (χ4n) is 3.90. The molecule has 0 aliphatic heterocycles. The summed E-state index contributed by atoms with van der Waals surface area (Å²) in [5.74, 6) is 1.19. The molecule has 4 rings (SSSR count). The monoisotopic (exact) mass is 421 g/mol. The molecule has 1 N–H and O–H groups in total. The molecule has 1 aliphatic carbocycles. The lowest BCUT2D eigenvalue weighted by Crippen LogP contribution is -2.34. The van der Waals surface area contributed by atoms with Crippen LogP contribution in [-0.4, -0.2) is 53.3 Å². The Balaban J connectivity index is 1.59. The quantitative estimate of drug-likeness (QED) is 0.597. The van der Waals surface area contributed by atoms with Crippen molar-refractivity contribution in [3.8, 4) is 5.75 Å². The molecular weight excluding hydrogens is 390 g/mol. The molecule has 0 spiro atoms. The number of methoxy groups -OCH3 is 1. The Labute approximate surface area is 183 Å². The second kappa shape index (κ2) is 8.67. The molecule has 1 saturated carbocycles. The minimum Gasteiger partial charge on any atom is -0.497 e. The number of carbonyl (C=O) groups excluding carboxylic acids is 1. The first-order chi connectivity index (χ1) is 14.9. The Morgan fingerprint density at radius 1 is 1.26 bits per heavy atom. The normalized spacial score (nSPS) is 14.9. The van der Waals surface area contributed by atoms with Crippen LogP contribution in [-0.2, 0) is 0 Å². The van der Waals surface area contributed by atoms with Gasteiger partial charge in [0.15, 0.2) is 5.65 Å². The largest absolute Gasteiger partial charge is 0.497 e. The smallest absolute Gasteiger partial charge is 0.252 e. The summed E-state index contributed by atoms with van der Waals surface area (Å²) in [6.45, 7) is 4.65. The molecule has 0 unspecified atom stereocenters. The number of nitrogens with zero attached hydrogens (tertiary/aromatic N) is 4. The van der Waals surface area contributed by atoms with Gasteiger partial charge >= 0.3 is 0 Å². The van der Waals surface area contributed by atoms with Crippen LogP contribution < -0.4 is 10.1 Å². The second-order valence-electron chi connectivity index (χ2n) is 8.75. The van der Waals surface area contributed by atoms with E-state index < -0.39 is 0 Å². The highest BCUT2D eigenvalue weighted by Crippen LogP contribution is 2.40. The van der Waals surface area contributed by atoms with Gasteiger partial charge in [-0.3, -0.25) is 4.79 Å². The number of fused-ring (bicyclic) bond motifs is 1. The van der Waals surface area contributed by atoms with Crippen molar-refractivity contribution in [1.29, 1.82) is 0 Å². The van der Waals surface area contributed by atoms with Gasteiger partial charge in [-0.05, 0) is 64.5 Å². The maximum atomic E-state index is 13.3. The van der Waals surface area contributed by atoms with Crippen molar-refractivity contribution in [2.45, 2.75) is 44.7 Å². The third-order valence-corrected chi connectivity index (χ3v) is 5.90. The van der Waals surface area contributed by atoms with Gasteiger partial charge < -0.3 is 15.0 Å². The molecule has 31 heavy (non-hydrogen) atoms. The molecule has 2 aromatic heterocycles. The van der Waals surface area contributed by atoms with E-state index in [0.29, 0.717) is 18.0 Å². The van der Waals surface area contributed by atoms with Crippen LogP contribution in [0.4, 0.5) is 0 Å². The van der Waals surface area contributed by atoms with E-state index in [1.54, 1.807) is 13.3 Å². The fourth-order valence-corrected chi connectivity index (χ4v) is 3.90. The summed E-state index contributed by atoms with van der Waals surface area (Å²) in [6, 6.07) is 10.2. The first-order valence-corrected chi connectivity index (χ1v) is 10.9. The van der Waals surface area contributed by atoms with Crippen LogP contribution in [0.15, 0.2) is 36.5 Å². The average molecular weight is 422 g/mol. The molecule has 1 aromatic carbocycles. The molecule has 1 fully saturated rings. The van der Waals surface area contributed by atoms with Gasteiger partial charge in [0.05, 0.1) is 30.3 Å². The first kappa shape index (κ1) is 21.3. The third kappa shape index (κ3) is 4.42. The summed E-state index contributed by atoms with van der Waals surface area (Å²) in [5.41, 5.74) is 3.58. The number of hydrogen-bond donors (Lipinski definition) is 1. The average Bonchev–Trinajstić information content (AvgIpc) is 3.51. The number of rotatable bonds is 8. The number of amides is 1. The molecule has 2 heterocycles. The van der Waals surface area contributed by atoms with Gasteiger partial charge in [0.25, 0.3) is 5.91 Å². The van der Waals surface area contributed by atoms with E-state index in [9.17, 15) is 4.79 Å². The molecule has 164 valence electrons. The molecule has 7 nitrogen and oxygen atoms in total. The van der Waals surface area contributed by atoms with Crippen molar-refractivity contribution < 1.29 is 9.53 Å². The summed E-state index contributed by atoms with van der Waals surface area (Å²) in [7, 11) is 5.69. The van der Waals surface area contributed by atoms with Crippen molar-refractivity contribution in [2.24, 2.45) is 0 Å². The molecule has 1 atom stereocenters. The maximum absolute atomic E-state index is 13.3. The Bertz CT molecular complexity index is 1070. The lowest BCUT2D eigenvalue weighted by Gasteiger charge is -2.25. The summed E-state index contributed by atoms with van der Waals surface area (Å²) >= 11 is 0. The minimum atomic E-state index is -0.0852. The predicted molar refractivity (Wildman–Crippen MR) is 122 cm³/mol. The topological polar surface area (TPSA) is 72.3 Å². The first-order valence-electron chi connectivity index (χ1n) is 10.9. The van der Waals surface area contributed by atoms with E-state index in [4.69, 9.17) is 9.72 Å². The summed E-state index contributed by atoms with van der Waals surface area (Å²) in [5, 5.41) is 8.46. The highest BCUT2D eigenvalue weighted by atomic mass is 16.5. The van der Waals surface area contributed by atoms with Gasteiger partial charge in [0.1, 0.15) is 5.75 Å². The number of likely N-dealkylation sites (N-methyl/N-ethyl adjacent to an activating group) is 1. The Kier molecular flexibility index (Phi) is 5.96. The van der Waals surface area contributed by atoms with E-state index in [2.05, 4.69) is 29.2 Å². The number of pyridine rings is 1. The van der Waals surface area contributed by atoms with Crippen LogP contribution >= 0.6 is 0 Å². The van der Waals surface area contributed by atoms with Crippen LogP contribution in [0, 0.1) is 0 Å². The van der Waals surface area contributed by atoms with E-state index in [1.807, 2.05) is 49.1 Å². The van der Waals surface area contributed by atoms with Gasteiger partial charge in [0.2, 0.25) is 0 Å². The zero-order valence-corrected chi connectivity index (χ0v) is 18.9. The van der Waals surface area contributed by atoms with E-state index >= 15 is 0 Å². The highest BCUT2D eigenvalue weighted by Gasteiger charge is 2.28. The van der Waals surface area contributed by atoms with Gasteiger partial charge in [-0.15, -0.1) is 0 Å². The number of benzene rings is 1. The van der Waals surface area contributed by atoms with Crippen molar-refractivity contribution in [3.63, 3.8) is 0 Å². The fraction of sp³-hybridized carbons (Fsp3) is 0.458. The second-order valence-corrected chi connectivity index (χ2v) is 8.75. The predicted octanol–water partition coefficient (Wildman–Crippen LogP) is 3.93. The van der Waals surface area contributed by atoms with Crippen LogP contribution in [0.25, 0.3) is 11.0 Å². The van der Waals surface area contributed by atoms with E-state index in [1.165, 1.54) is 0 Å². The highest BCUT2D eigenvalue weighted by molar-refractivity contribution is 6.05. The number of hydrogen-bond acceptors (Lipinski definition) is 5. The van der Waals surface area contributed by atoms with Crippen LogP contribution in [0.2, 0.25) is 0 Å². The van der Waals surface area contributed by atoms with Gasteiger partial charge in [-0.2, -0.15) is 5.10 Å². The Morgan fingerprint density at radius 3 is 2.55 bits per heavy atom. The van der Waals surface area contributed by atoms with Gasteiger partial charge in [-0.1, -0.05) is 12.1 Å². The number of nitrogens with one attached hydrogen (secondary N) is 1. The third-order valence-electron chi connectivity index (χ3n) is 5.90. The molecule has 0 radical (unpaired) electrons. The summed E-state index contributed by atoms with van der Waals surface area (Å²) < 4.78 is 7.16. The molecular formula is C24H31N5O2. The standard InChI is InChI=1S/C24H31N5O2/c1-15(2)29-23-20(13-26-29)19(12-21(27-23)16-6-7-16)24(30)25-14-22(28(3)4)17-8-10-18(31-5)11-9-17/h8-13,15-16,22H,6-7,14H2,1-5H3,(H,25,30)/t22-/m0/s1. The number of ether oxygens (including phenoxy) is 1. The Morgan fingerprint density at radius 2 is 1.97 bits per heavy atom. The summed E-state index contributed by atoms with van der Waals surface area (Å²) in [4.78, 5) is 20.2. The summed E-state index contributed by atoms with van der Waals surface area (Å²) in [6.07, 6.45) is 4.03.